The highest BCUT2D eigenvalue weighted by atomic mass is 16.6. The molecule has 0 spiro atoms. The van der Waals surface area contributed by atoms with E-state index in [9.17, 15) is 9.59 Å². The molecule has 0 atom stereocenters. The first-order valence-corrected chi connectivity index (χ1v) is 8.61. The molecule has 3 rings (SSSR count). The SMILES string of the molecule is NC(=O)COC(=O)NC1CCN(c2cccc(-c3ccccc3)n2)CC1. The van der Waals surface area contributed by atoms with Crippen LogP contribution >= 0.6 is 0 Å². The number of hydrogen-bond donors (Lipinski definition) is 2. The van der Waals surface area contributed by atoms with Gasteiger partial charge in [0.1, 0.15) is 5.82 Å². The molecule has 0 radical (unpaired) electrons. The van der Waals surface area contributed by atoms with Gasteiger partial charge in [-0.3, -0.25) is 4.79 Å². The number of carbonyl (C=O) groups is 2. The molecule has 1 aliphatic rings. The number of primary amides is 1. The van der Waals surface area contributed by atoms with E-state index >= 15 is 0 Å². The van der Waals surface area contributed by atoms with Gasteiger partial charge in [0.15, 0.2) is 6.61 Å². The Morgan fingerprint density at radius 2 is 1.85 bits per heavy atom. The van der Waals surface area contributed by atoms with Crippen LogP contribution in [-0.2, 0) is 9.53 Å². The minimum absolute atomic E-state index is 0.0175. The number of anilines is 1. The third-order valence-electron chi connectivity index (χ3n) is 4.29. The van der Waals surface area contributed by atoms with Gasteiger partial charge in [-0.2, -0.15) is 0 Å². The molecule has 7 nitrogen and oxygen atoms in total. The van der Waals surface area contributed by atoms with Crippen molar-refractivity contribution in [3.8, 4) is 11.3 Å². The average molecular weight is 354 g/mol. The van der Waals surface area contributed by atoms with Crippen molar-refractivity contribution in [3.05, 3.63) is 48.5 Å². The summed E-state index contributed by atoms with van der Waals surface area (Å²) >= 11 is 0. The third kappa shape index (κ3) is 4.72. The van der Waals surface area contributed by atoms with Gasteiger partial charge in [0.2, 0.25) is 0 Å². The molecule has 1 aromatic carbocycles. The van der Waals surface area contributed by atoms with Gasteiger partial charge in [0.25, 0.3) is 5.91 Å². The summed E-state index contributed by atoms with van der Waals surface area (Å²) in [7, 11) is 0. The quantitative estimate of drug-likeness (QED) is 0.855. The number of nitrogens with two attached hydrogens (primary N) is 1. The summed E-state index contributed by atoms with van der Waals surface area (Å²) in [5.41, 5.74) is 6.98. The molecule has 136 valence electrons. The van der Waals surface area contributed by atoms with E-state index in [1.807, 2.05) is 48.5 Å². The summed E-state index contributed by atoms with van der Waals surface area (Å²) in [6.07, 6.45) is 0.956. The van der Waals surface area contributed by atoms with Gasteiger partial charge in [-0.25, -0.2) is 9.78 Å². The zero-order valence-corrected chi connectivity index (χ0v) is 14.4. The standard InChI is InChI=1S/C19H22N4O3/c20-17(24)13-26-19(25)21-15-9-11-23(12-10-15)18-8-4-7-16(22-18)14-5-2-1-3-6-14/h1-8,15H,9-13H2,(H2,20,24)(H,21,25). The zero-order chi connectivity index (χ0) is 18.4. The average Bonchev–Trinajstić information content (AvgIpc) is 2.68. The van der Waals surface area contributed by atoms with Crippen molar-refractivity contribution in [1.29, 1.82) is 0 Å². The first-order chi connectivity index (χ1) is 12.6. The third-order valence-corrected chi connectivity index (χ3v) is 4.29. The van der Waals surface area contributed by atoms with E-state index < -0.39 is 18.6 Å². The van der Waals surface area contributed by atoms with Crippen molar-refractivity contribution in [1.82, 2.24) is 10.3 Å². The van der Waals surface area contributed by atoms with Crippen LogP contribution in [0.15, 0.2) is 48.5 Å². The Labute approximate surface area is 152 Å². The monoisotopic (exact) mass is 354 g/mol. The van der Waals surface area contributed by atoms with Gasteiger partial charge >= 0.3 is 6.09 Å². The van der Waals surface area contributed by atoms with Crippen molar-refractivity contribution in [2.24, 2.45) is 5.73 Å². The second-order valence-electron chi connectivity index (χ2n) is 6.20. The Balaban J connectivity index is 1.55. The van der Waals surface area contributed by atoms with E-state index in [4.69, 9.17) is 15.5 Å². The largest absolute Gasteiger partial charge is 0.439 e. The molecule has 2 amide bonds. The van der Waals surface area contributed by atoms with Crippen LogP contribution in [-0.4, -0.2) is 42.7 Å². The number of hydrogen-bond acceptors (Lipinski definition) is 5. The number of pyridine rings is 1. The number of ether oxygens (including phenoxy) is 1. The number of piperidine rings is 1. The molecule has 0 bridgehead atoms. The fourth-order valence-electron chi connectivity index (χ4n) is 2.97. The summed E-state index contributed by atoms with van der Waals surface area (Å²) in [6, 6.07) is 16.1. The predicted octanol–water partition coefficient (Wildman–Crippen LogP) is 1.93. The van der Waals surface area contributed by atoms with Gasteiger partial charge in [-0.05, 0) is 25.0 Å². The van der Waals surface area contributed by atoms with Crippen LogP contribution in [0, 0.1) is 0 Å². The molecule has 1 aliphatic heterocycles. The number of benzene rings is 1. The smallest absolute Gasteiger partial charge is 0.407 e. The molecular weight excluding hydrogens is 332 g/mol. The Hall–Kier alpha value is -3.09. The number of alkyl carbamates (subject to hydrolysis) is 1. The predicted molar refractivity (Wildman–Crippen MR) is 98.6 cm³/mol. The number of rotatable bonds is 5. The van der Waals surface area contributed by atoms with Crippen LogP contribution < -0.4 is 16.0 Å². The maximum atomic E-state index is 11.6. The molecule has 0 saturated carbocycles. The molecule has 2 heterocycles. The van der Waals surface area contributed by atoms with E-state index in [1.165, 1.54) is 0 Å². The number of amides is 2. The Kier molecular flexibility index (Phi) is 5.68. The highest BCUT2D eigenvalue weighted by Crippen LogP contribution is 2.23. The van der Waals surface area contributed by atoms with Crippen LogP contribution in [0.1, 0.15) is 12.8 Å². The van der Waals surface area contributed by atoms with E-state index in [1.54, 1.807) is 0 Å². The normalized spacial score (nSPS) is 14.7. The molecule has 0 unspecified atom stereocenters. The van der Waals surface area contributed by atoms with E-state index in [2.05, 4.69) is 10.2 Å². The molecule has 26 heavy (non-hydrogen) atoms. The van der Waals surface area contributed by atoms with Crippen LogP contribution in [0.2, 0.25) is 0 Å². The van der Waals surface area contributed by atoms with Gasteiger partial charge in [0.05, 0.1) is 5.69 Å². The second-order valence-corrected chi connectivity index (χ2v) is 6.20. The lowest BCUT2D eigenvalue weighted by atomic mass is 10.1. The zero-order valence-electron chi connectivity index (χ0n) is 14.4. The summed E-state index contributed by atoms with van der Waals surface area (Å²) in [6.45, 7) is 1.17. The maximum Gasteiger partial charge on any atom is 0.407 e. The highest BCUT2D eigenvalue weighted by Gasteiger charge is 2.22. The minimum atomic E-state index is -0.667. The lowest BCUT2D eigenvalue weighted by molar-refractivity contribution is -0.120. The van der Waals surface area contributed by atoms with Crippen molar-refractivity contribution in [2.45, 2.75) is 18.9 Å². The fourth-order valence-corrected chi connectivity index (χ4v) is 2.97. The lowest BCUT2D eigenvalue weighted by Gasteiger charge is -2.33. The van der Waals surface area contributed by atoms with Crippen molar-refractivity contribution in [2.75, 3.05) is 24.6 Å². The van der Waals surface area contributed by atoms with Crippen molar-refractivity contribution >= 4 is 17.8 Å². The topological polar surface area (TPSA) is 97.6 Å². The Bertz CT molecular complexity index is 758. The number of carbonyl (C=O) groups excluding carboxylic acids is 2. The van der Waals surface area contributed by atoms with Gasteiger partial charge in [-0.1, -0.05) is 36.4 Å². The van der Waals surface area contributed by atoms with E-state index in [0.29, 0.717) is 0 Å². The number of nitrogens with one attached hydrogen (secondary N) is 1. The molecule has 7 heteroatoms. The first kappa shape index (κ1) is 17.7. The summed E-state index contributed by atoms with van der Waals surface area (Å²) in [5, 5.41) is 2.77. The minimum Gasteiger partial charge on any atom is -0.439 e. The second kappa shape index (κ2) is 8.33. The maximum absolute atomic E-state index is 11.6. The number of aromatic nitrogens is 1. The van der Waals surface area contributed by atoms with Gasteiger partial charge in [-0.15, -0.1) is 0 Å². The molecule has 2 aromatic rings. The molecule has 3 N–H and O–H groups in total. The molecular formula is C19H22N4O3. The van der Waals surface area contributed by atoms with Crippen LogP contribution in [0.3, 0.4) is 0 Å². The van der Waals surface area contributed by atoms with Crippen LogP contribution in [0.25, 0.3) is 11.3 Å². The number of nitrogens with zero attached hydrogens (tertiary/aromatic N) is 2. The summed E-state index contributed by atoms with van der Waals surface area (Å²) in [4.78, 5) is 29.2. The summed E-state index contributed by atoms with van der Waals surface area (Å²) < 4.78 is 4.73. The van der Waals surface area contributed by atoms with E-state index in [0.717, 1.165) is 43.0 Å². The Morgan fingerprint density at radius 1 is 1.12 bits per heavy atom. The van der Waals surface area contributed by atoms with Crippen LogP contribution in [0.4, 0.5) is 10.6 Å². The van der Waals surface area contributed by atoms with Gasteiger partial charge < -0.3 is 20.7 Å². The van der Waals surface area contributed by atoms with Gasteiger partial charge in [0, 0.05) is 24.7 Å². The van der Waals surface area contributed by atoms with Crippen molar-refractivity contribution in [3.63, 3.8) is 0 Å². The molecule has 1 fully saturated rings. The molecule has 1 aromatic heterocycles. The molecule has 0 aliphatic carbocycles. The first-order valence-electron chi connectivity index (χ1n) is 8.61. The fraction of sp³-hybridized carbons (Fsp3) is 0.316. The lowest BCUT2D eigenvalue weighted by Crippen LogP contribution is -2.45. The van der Waals surface area contributed by atoms with E-state index in [-0.39, 0.29) is 6.04 Å². The Morgan fingerprint density at radius 3 is 2.54 bits per heavy atom. The van der Waals surface area contributed by atoms with Crippen LogP contribution in [0.5, 0.6) is 0 Å². The summed E-state index contributed by atoms with van der Waals surface area (Å²) in [5.74, 6) is 0.264. The molecule has 1 saturated heterocycles. The van der Waals surface area contributed by atoms with Crippen molar-refractivity contribution < 1.29 is 14.3 Å². The highest BCUT2D eigenvalue weighted by molar-refractivity contribution is 5.78.